The van der Waals surface area contributed by atoms with Crippen LogP contribution in [0.1, 0.15) is 31.0 Å². The van der Waals surface area contributed by atoms with Crippen molar-refractivity contribution in [3.63, 3.8) is 0 Å². The minimum Gasteiger partial charge on any atom is -0.489 e. The van der Waals surface area contributed by atoms with Crippen LogP contribution in [0, 0.1) is 5.92 Å². The lowest BCUT2D eigenvalue weighted by molar-refractivity contribution is -0.147. The van der Waals surface area contributed by atoms with E-state index in [1.807, 2.05) is 36.7 Å². The maximum Gasteiger partial charge on any atom is 0.309 e. The fourth-order valence-corrected chi connectivity index (χ4v) is 4.43. The van der Waals surface area contributed by atoms with Gasteiger partial charge in [0.25, 0.3) is 0 Å². The predicted molar refractivity (Wildman–Crippen MR) is 128 cm³/mol. The van der Waals surface area contributed by atoms with Gasteiger partial charge in [0.15, 0.2) is 10.8 Å². The second-order valence-corrected chi connectivity index (χ2v) is 9.26. The zero-order chi connectivity index (χ0) is 23.1. The minimum absolute atomic E-state index is 0.181. The van der Waals surface area contributed by atoms with Crippen LogP contribution in [-0.2, 0) is 17.9 Å². The normalized spacial score (nSPS) is 14.8. The highest BCUT2D eigenvalue weighted by Crippen LogP contribution is 2.27. The van der Waals surface area contributed by atoms with Gasteiger partial charge in [-0.25, -0.2) is 9.67 Å². The fraction of sp³-hybridized carbons (Fsp3) is 0.320. The van der Waals surface area contributed by atoms with Crippen molar-refractivity contribution >= 4 is 39.4 Å². The van der Waals surface area contributed by atoms with Gasteiger partial charge in [-0.1, -0.05) is 29.8 Å². The fourth-order valence-electron chi connectivity index (χ4n) is 4.21. The number of halogens is 1. The number of rotatable bonds is 7. The van der Waals surface area contributed by atoms with E-state index in [0.717, 1.165) is 39.7 Å². The molecule has 0 radical (unpaired) electrons. The van der Waals surface area contributed by atoms with E-state index in [2.05, 4.69) is 39.2 Å². The van der Waals surface area contributed by atoms with Crippen LogP contribution in [0.2, 0.25) is 5.15 Å². The minimum atomic E-state index is -0.707. The number of benzene rings is 2. The van der Waals surface area contributed by atoms with Crippen LogP contribution >= 0.6 is 11.6 Å². The van der Waals surface area contributed by atoms with Gasteiger partial charge in [0.05, 0.1) is 11.3 Å². The number of carbonyl (C=O) groups is 1. The van der Waals surface area contributed by atoms with Crippen molar-refractivity contribution in [3.05, 3.63) is 64.9 Å². The van der Waals surface area contributed by atoms with E-state index in [-0.39, 0.29) is 12.0 Å². The number of hydrogen-bond donors (Lipinski definition) is 1. The van der Waals surface area contributed by atoms with Gasteiger partial charge in [-0.3, -0.25) is 9.69 Å². The Hall–Kier alpha value is -3.16. The molecule has 1 aliphatic rings. The average molecular weight is 465 g/mol. The van der Waals surface area contributed by atoms with E-state index in [4.69, 9.17) is 21.4 Å². The van der Waals surface area contributed by atoms with E-state index >= 15 is 0 Å². The summed E-state index contributed by atoms with van der Waals surface area (Å²) in [4.78, 5) is 17.7. The summed E-state index contributed by atoms with van der Waals surface area (Å²) in [5, 5.41) is 16.9. The number of fused-ring (bicyclic) bond motifs is 2. The number of hydrogen-bond acceptors (Lipinski definition) is 5. The number of nitrogens with zero attached hydrogens (tertiary/aromatic N) is 4. The lowest BCUT2D eigenvalue weighted by atomic mass is 9.99. The summed E-state index contributed by atoms with van der Waals surface area (Å²) < 4.78 is 7.85. The molecule has 8 heteroatoms. The number of ether oxygens (including phenoxy) is 1. The number of likely N-dealkylation sites (tertiary alicyclic amines) is 1. The van der Waals surface area contributed by atoms with Crippen molar-refractivity contribution in [2.24, 2.45) is 5.92 Å². The molecule has 1 fully saturated rings. The Morgan fingerprint density at radius 3 is 2.67 bits per heavy atom. The standard InChI is InChI=1S/C25H25ClN4O3/c1-15(2)30-24-22(23(26)28-30)8-17(10-27-24)14-33-21-6-5-18-7-16(3-4-19(18)9-21)11-29-12-20(13-29)25(31)32/h3-10,15,20H,11-14H2,1-2H3,(H,31,32). The number of pyridine rings is 1. The molecule has 1 N–H and O–H groups in total. The molecular formula is C25H25ClN4O3. The molecule has 0 bridgehead atoms. The zero-order valence-corrected chi connectivity index (χ0v) is 19.3. The molecule has 0 saturated carbocycles. The third-order valence-electron chi connectivity index (χ3n) is 6.04. The van der Waals surface area contributed by atoms with E-state index in [0.29, 0.717) is 24.8 Å². The van der Waals surface area contributed by atoms with E-state index in [1.165, 1.54) is 5.56 Å². The molecule has 1 aliphatic heterocycles. The molecule has 2 aromatic heterocycles. The first-order valence-corrected chi connectivity index (χ1v) is 11.4. The highest BCUT2D eigenvalue weighted by Gasteiger charge is 2.32. The van der Waals surface area contributed by atoms with Gasteiger partial charge in [0, 0.05) is 37.4 Å². The van der Waals surface area contributed by atoms with Gasteiger partial charge in [-0.05, 0) is 54.4 Å². The first-order valence-electron chi connectivity index (χ1n) is 11.0. The summed E-state index contributed by atoms with van der Waals surface area (Å²) in [6, 6.07) is 14.5. The lowest BCUT2D eigenvalue weighted by Gasteiger charge is -2.36. The molecule has 0 aliphatic carbocycles. The summed E-state index contributed by atoms with van der Waals surface area (Å²) in [6.45, 7) is 6.47. The lowest BCUT2D eigenvalue weighted by Crippen LogP contribution is -2.49. The first kappa shape index (κ1) is 21.7. The third kappa shape index (κ3) is 4.38. The number of aromatic nitrogens is 3. The molecule has 4 aromatic rings. The summed E-state index contributed by atoms with van der Waals surface area (Å²) in [6.07, 6.45) is 1.80. The molecule has 0 amide bonds. The van der Waals surface area contributed by atoms with Crippen molar-refractivity contribution in [3.8, 4) is 5.75 Å². The van der Waals surface area contributed by atoms with Gasteiger partial charge in [0.1, 0.15) is 12.4 Å². The largest absolute Gasteiger partial charge is 0.489 e. The highest BCUT2D eigenvalue weighted by molar-refractivity contribution is 6.34. The molecule has 0 unspecified atom stereocenters. The molecule has 7 nitrogen and oxygen atoms in total. The third-order valence-corrected chi connectivity index (χ3v) is 6.32. The van der Waals surface area contributed by atoms with Gasteiger partial charge >= 0.3 is 5.97 Å². The van der Waals surface area contributed by atoms with Crippen LogP contribution in [0.15, 0.2) is 48.7 Å². The summed E-state index contributed by atoms with van der Waals surface area (Å²) in [7, 11) is 0. The quantitative estimate of drug-likeness (QED) is 0.418. The maximum atomic E-state index is 11.0. The topological polar surface area (TPSA) is 80.5 Å². The van der Waals surface area contributed by atoms with E-state index in [1.54, 1.807) is 6.20 Å². The summed E-state index contributed by atoms with van der Waals surface area (Å²) in [5.41, 5.74) is 2.88. The Bertz CT molecular complexity index is 1340. The SMILES string of the molecule is CC(C)n1nc(Cl)c2cc(COc3ccc4cc(CN5CC(C(=O)O)C5)ccc4c3)cnc21. The van der Waals surface area contributed by atoms with E-state index in [9.17, 15) is 4.79 Å². The second-order valence-electron chi connectivity index (χ2n) is 8.91. The van der Waals surface area contributed by atoms with Crippen molar-refractivity contribution < 1.29 is 14.6 Å². The summed E-state index contributed by atoms with van der Waals surface area (Å²) in [5.74, 6) is -0.156. The van der Waals surface area contributed by atoms with Crippen molar-refractivity contribution in [2.75, 3.05) is 13.1 Å². The number of carboxylic acid groups (broad SMARTS) is 1. The van der Waals surface area contributed by atoms with E-state index < -0.39 is 5.97 Å². The highest BCUT2D eigenvalue weighted by atomic mass is 35.5. The Morgan fingerprint density at radius 2 is 1.91 bits per heavy atom. The van der Waals surface area contributed by atoms with Gasteiger partial charge in [-0.15, -0.1) is 0 Å². The predicted octanol–water partition coefficient (Wildman–Crippen LogP) is 4.91. The Morgan fingerprint density at radius 1 is 1.15 bits per heavy atom. The zero-order valence-electron chi connectivity index (χ0n) is 18.5. The molecule has 33 heavy (non-hydrogen) atoms. The van der Waals surface area contributed by atoms with Crippen LogP contribution in [0.4, 0.5) is 0 Å². The molecule has 0 atom stereocenters. The molecule has 0 spiro atoms. The van der Waals surface area contributed by atoms with Gasteiger partial charge in [-0.2, -0.15) is 5.10 Å². The second kappa shape index (κ2) is 8.65. The molecule has 5 rings (SSSR count). The summed E-state index contributed by atoms with van der Waals surface area (Å²) >= 11 is 6.31. The number of carboxylic acids is 1. The smallest absolute Gasteiger partial charge is 0.309 e. The van der Waals surface area contributed by atoms with Gasteiger partial charge in [0.2, 0.25) is 0 Å². The van der Waals surface area contributed by atoms with Crippen molar-refractivity contribution in [1.82, 2.24) is 19.7 Å². The average Bonchev–Trinajstić information content (AvgIpc) is 3.10. The van der Waals surface area contributed by atoms with Crippen molar-refractivity contribution in [1.29, 1.82) is 0 Å². The Balaban J connectivity index is 1.26. The molecule has 2 aromatic carbocycles. The maximum absolute atomic E-state index is 11.0. The van der Waals surface area contributed by atoms with Gasteiger partial charge < -0.3 is 9.84 Å². The number of aliphatic carboxylic acids is 1. The van der Waals surface area contributed by atoms with Crippen LogP contribution in [0.5, 0.6) is 5.75 Å². The monoisotopic (exact) mass is 464 g/mol. The molecule has 1 saturated heterocycles. The molecule has 3 heterocycles. The Kier molecular flexibility index (Phi) is 5.68. The molecular weight excluding hydrogens is 440 g/mol. The van der Waals surface area contributed by atoms with Crippen LogP contribution < -0.4 is 4.74 Å². The Labute approximate surface area is 196 Å². The van der Waals surface area contributed by atoms with Crippen molar-refractivity contribution in [2.45, 2.75) is 33.0 Å². The molecule has 170 valence electrons. The van der Waals surface area contributed by atoms with Crippen LogP contribution in [-0.4, -0.2) is 43.8 Å². The van der Waals surface area contributed by atoms with Crippen LogP contribution in [0.3, 0.4) is 0 Å². The van der Waals surface area contributed by atoms with Crippen LogP contribution in [0.25, 0.3) is 21.8 Å². The first-order chi connectivity index (χ1) is 15.9.